The summed E-state index contributed by atoms with van der Waals surface area (Å²) in [5, 5.41) is 0. The molecule has 0 saturated carbocycles. The Morgan fingerprint density at radius 1 is 1.18 bits per heavy atom. The van der Waals surface area contributed by atoms with E-state index in [4.69, 9.17) is 4.74 Å². The Bertz CT molecular complexity index is 405. The van der Waals surface area contributed by atoms with Crippen LogP contribution in [-0.4, -0.2) is 0 Å². The van der Waals surface area contributed by atoms with Crippen LogP contribution in [0.3, 0.4) is 0 Å². The quantitative estimate of drug-likeness (QED) is 0.533. The van der Waals surface area contributed by atoms with Gasteiger partial charge in [0.15, 0.2) is 0 Å². The van der Waals surface area contributed by atoms with Crippen LogP contribution >= 0.6 is 0 Å². The van der Waals surface area contributed by atoms with E-state index in [0.717, 1.165) is 11.5 Å². The Balaban J connectivity index is 3.02. The molecule has 0 aromatic heterocycles. The largest absolute Gasteiger partial charge is 0.461 e. The highest BCUT2D eigenvalue weighted by atomic mass is 16.5. The zero-order valence-electron chi connectivity index (χ0n) is 11.4. The summed E-state index contributed by atoms with van der Waals surface area (Å²) in [7, 11) is 0. The molecule has 17 heavy (non-hydrogen) atoms. The van der Waals surface area contributed by atoms with Crippen LogP contribution in [0.1, 0.15) is 31.9 Å². The Kier molecular flexibility index (Phi) is 5.02. The standard InChI is InChI=1S/C16H22O/c1-6-7-11-15(12(2)3)17-16-13(4)9-8-10-14(16)5/h6-12H,1-5H3/b7-6-,15-11+. The van der Waals surface area contributed by atoms with Crippen LogP contribution in [0.2, 0.25) is 0 Å². The number of hydrogen-bond donors (Lipinski definition) is 0. The van der Waals surface area contributed by atoms with E-state index in [-0.39, 0.29) is 0 Å². The normalized spacial score (nSPS) is 12.5. The number of benzene rings is 1. The molecule has 0 heterocycles. The fraction of sp³-hybridized carbons (Fsp3) is 0.375. The number of hydrogen-bond acceptors (Lipinski definition) is 1. The zero-order chi connectivity index (χ0) is 12.8. The van der Waals surface area contributed by atoms with Crippen LogP contribution in [0, 0.1) is 19.8 Å². The van der Waals surface area contributed by atoms with Crippen molar-refractivity contribution >= 4 is 0 Å². The summed E-state index contributed by atoms with van der Waals surface area (Å²) < 4.78 is 6.05. The molecule has 0 aliphatic carbocycles. The van der Waals surface area contributed by atoms with Gasteiger partial charge in [-0.1, -0.05) is 44.2 Å². The van der Waals surface area contributed by atoms with Crippen LogP contribution < -0.4 is 4.74 Å². The molecule has 1 nitrogen and oxygen atoms in total. The lowest BCUT2D eigenvalue weighted by Crippen LogP contribution is -2.04. The second kappa shape index (κ2) is 6.29. The van der Waals surface area contributed by atoms with Gasteiger partial charge in [-0.2, -0.15) is 0 Å². The lowest BCUT2D eigenvalue weighted by Gasteiger charge is -2.16. The number of ether oxygens (including phenoxy) is 1. The van der Waals surface area contributed by atoms with E-state index in [2.05, 4.69) is 45.9 Å². The van der Waals surface area contributed by atoms with E-state index < -0.39 is 0 Å². The maximum absolute atomic E-state index is 6.05. The van der Waals surface area contributed by atoms with Gasteiger partial charge in [0, 0.05) is 5.92 Å². The summed E-state index contributed by atoms with van der Waals surface area (Å²) in [5.74, 6) is 2.36. The third-order valence-electron chi connectivity index (χ3n) is 2.65. The lowest BCUT2D eigenvalue weighted by atomic mass is 10.1. The van der Waals surface area contributed by atoms with Crippen molar-refractivity contribution in [3.05, 3.63) is 53.3 Å². The molecular formula is C16H22O. The Hall–Kier alpha value is -1.50. The van der Waals surface area contributed by atoms with Crippen molar-refractivity contribution in [3.8, 4) is 5.75 Å². The Labute approximate surface area is 105 Å². The van der Waals surface area contributed by atoms with Gasteiger partial charge in [-0.3, -0.25) is 0 Å². The molecule has 0 N–H and O–H groups in total. The monoisotopic (exact) mass is 230 g/mol. The van der Waals surface area contributed by atoms with Gasteiger partial charge in [0.1, 0.15) is 11.5 Å². The molecule has 0 radical (unpaired) electrons. The van der Waals surface area contributed by atoms with Crippen molar-refractivity contribution in [1.82, 2.24) is 0 Å². The van der Waals surface area contributed by atoms with E-state index in [0.29, 0.717) is 5.92 Å². The topological polar surface area (TPSA) is 9.23 Å². The van der Waals surface area contributed by atoms with Crippen LogP contribution in [0.4, 0.5) is 0 Å². The average Bonchev–Trinajstić information content (AvgIpc) is 2.27. The molecule has 0 atom stereocenters. The number of aryl methyl sites for hydroxylation is 2. The minimum Gasteiger partial charge on any atom is -0.461 e. The maximum Gasteiger partial charge on any atom is 0.132 e. The zero-order valence-corrected chi connectivity index (χ0v) is 11.4. The van der Waals surface area contributed by atoms with Gasteiger partial charge in [-0.05, 0) is 38.0 Å². The highest BCUT2D eigenvalue weighted by Crippen LogP contribution is 2.26. The summed E-state index contributed by atoms with van der Waals surface area (Å²) in [4.78, 5) is 0. The summed E-state index contributed by atoms with van der Waals surface area (Å²) >= 11 is 0. The van der Waals surface area contributed by atoms with Crippen molar-refractivity contribution in [1.29, 1.82) is 0 Å². The molecule has 1 aromatic carbocycles. The third-order valence-corrected chi connectivity index (χ3v) is 2.65. The Morgan fingerprint density at radius 3 is 2.24 bits per heavy atom. The third kappa shape index (κ3) is 3.77. The van der Waals surface area contributed by atoms with Gasteiger partial charge in [-0.15, -0.1) is 0 Å². The van der Waals surface area contributed by atoms with Gasteiger partial charge in [-0.25, -0.2) is 0 Å². The molecule has 0 aliphatic rings. The van der Waals surface area contributed by atoms with Crippen molar-refractivity contribution in [3.63, 3.8) is 0 Å². The molecule has 1 aromatic rings. The van der Waals surface area contributed by atoms with Gasteiger partial charge >= 0.3 is 0 Å². The number of para-hydroxylation sites is 1. The molecule has 0 amide bonds. The second-order valence-corrected chi connectivity index (χ2v) is 4.57. The van der Waals surface area contributed by atoms with E-state index in [9.17, 15) is 0 Å². The molecule has 1 rings (SSSR count). The van der Waals surface area contributed by atoms with Crippen LogP contribution in [-0.2, 0) is 0 Å². The number of rotatable bonds is 4. The molecule has 1 heteroatoms. The summed E-state index contributed by atoms with van der Waals surface area (Å²) in [5.41, 5.74) is 2.36. The van der Waals surface area contributed by atoms with Crippen molar-refractivity contribution in [2.45, 2.75) is 34.6 Å². The first-order valence-corrected chi connectivity index (χ1v) is 6.13. The van der Waals surface area contributed by atoms with Crippen LogP contribution in [0.5, 0.6) is 5.75 Å². The fourth-order valence-corrected chi connectivity index (χ4v) is 1.61. The highest BCUT2D eigenvalue weighted by molar-refractivity contribution is 5.41. The first-order chi connectivity index (χ1) is 8.06. The average molecular weight is 230 g/mol. The minimum absolute atomic E-state index is 0.380. The molecule has 0 unspecified atom stereocenters. The smallest absolute Gasteiger partial charge is 0.132 e. The van der Waals surface area contributed by atoms with Gasteiger partial charge in [0.05, 0.1) is 0 Å². The first-order valence-electron chi connectivity index (χ1n) is 6.13. The molecule has 0 fully saturated rings. The molecule has 0 spiro atoms. The summed E-state index contributed by atoms with van der Waals surface area (Å²) in [6.45, 7) is 10.4. The summed E-state index contributed by atoms with van der Waals surface area (Å²) in [6, 6.07) is 6.22. The van der Waals surface area contributed by atoms with E-state index in [1.165, 1.54) is 11.1 Å². The molecule has 0 saturated heterocycles. The molecule has 0 bridgehead atoms. The fourth-order valence-electron chi connectivity index (χ4n) is 1.61. The predicted molar refractivity (Wildman–Crippen MR) is 74.3 cm³/mol. The summed E-state index contributed by atoms with van der Waals surface area (Å²) in [6.07, 6.45) is 6.07. The van der Waals surface area contributed by atoms with E-state index >= 15 is 0 Å². The SMILES string of the molecule is C/C=C\C=C(\Oc1c(C)cccc1C)C(C)C. The van der Waals surface area contributed by atoms with Crippen LogP contribution in [0.25, 0.3) is 0 Å². The van der Waals surface area contributed by atoms with Crippen molar-refractivity contribution < 1.29 is 4.74 Å². The van der Waals surface area contributed by atoms with Gasteiger partial charge < -0.3 is 4.74 Å². The minimum atomic E-state index is 0.380. The van der Waals surface area contributed by atoms with Crippen molar-refractivity contribution in [2.75, 3.05) is 0 Å². The second-order valence-electron chi connectivity index (χ2n) is 4.57. The highest BCUT2D eigenvalue weighted by Gasteiger charge is 2.09. The molecule has 92 valence electrons. The predicted octanol–water partition coefficient (Wildman–Crippen LogP) is 4.80. The van der Waals surface area contributed by atoms with E-state index in [1.54, 1.807) is 0 Å². The van der Waals surface area contributed by atoms with E-state index in [1.807, 2.05) is 25.2 Å². The Morgan fingerprint density at radius 2 is 1.76 bits per heavy atom. The first kappa shape index (κ1) is 13.6. The maximum atomic E-state index is 6.05. The van der Waals surface area contributed by atoms with Crippen LogP contribution in [0.15, 0.2) is 42.2 Å². The van der Waals surface area contributed by atoms with Gasteiger partial charge in [0.25, 0.3) is 0 Å². The van der Waals surface area contributed by atoms with Crippen molar-refractivity contribution in [2.24, 2.45) is 5.92 Å². The number of allylic oxidation sites excluding steroid dienone is 4. The van der Waals surface area contributed by atoms with Gasteiger partial charge in [0.2, 0.25) is 0 Å². The lowest BCUT2D eigenvalue weighted by molar-refractivity contribution is 0.364. The molecular weight excluding hydrogens is 208 g/mol. The molecule has 0 aliphatic heterocycles.